The van der Waals surface area contributed by atoms with E-state index < -0.39 is 12.4 Å². The van der Waals surface area contributed by atoms with Crippen LogP contribution in [-0.2, 0) is 18.9 Å². The van der Waals surface area contributed by atoms with Gasteiger partial charge in [-0.3, -0.25) is 0 Å². The summed E-state index contributed by atoms with van der Waals surface area (Å²) < 4.78 is 23.7. The van der Waals surface area contributed by atoms with Gasteiger partial charge in [0.25, 0.3) is 0 Å². The smallest absolute Gasteiger partial charge is 0.184 e. The lowest BCUT2D eigenvalue weighted by Gasteiger charge is -2.47. The van der Waals surface area contributed by atoms with Gasteiger partial charge in [-0.15, -0.1) is 0 Å². The van der Waals surface area contributed by atoms with E-state index in [4.69, 9.17) is 18.9 Å². The molecule has 4 aliphatic rings. The highest BCUT2D eigenvalue weighted by Crippen LogP contribution is 2.50. The molecule has 3 saturated heterocycles. The topological polar surface area (TPSA) is 57.2 Å². The molecule has 5 nitrogen and oxygen atoms in total. The van der Waals surface area contributed by atoms with Crippen molar-refractivity contribution in [1.29, 1.82) is 0 Å². The van der Waals surface area contributed by atoms with E-state index in [1.54, 1.807) is 0 Å². The van der Waals surface area contributed by atoms with E-state index >= 15 is 0 Å². The summed E-state index contributed by atoms with van der Waals surface area (Å²) in [6.07, 6.45) is 0.392. The van der Waals surface area contributed by atoms with Gasteiger partial charge in [0.05, 0.1) is 25.4 Å². The highest BCUT2D eigenvalue weighted by Gasteiger charge is 2.57. The number of fused-ring (bicyclic) bond motifs is 2. The standard InChI is InChI=1S/C17H18O5/c18-11-6-10-7-19-17-13(10)14(11)15-12(21-17)8-20-16(22-15)9-4-2-1-3-5-9/h1-6,11-18H,7-8H2/t11-,12+,13+,14-,15+,16?,17-/m0/s1. The average molecular weight is 302 g/mol. The van der Waals surface area contributed by atoms with Crippen LogP contribution in [0.15, 0.2) is 42.0 Å². The maximum absolute atomic E-state index is 10.4. The Kier molecular flexibility index (Phi) is 2.93. The van der Waals surface area contributed by atoms with Crippen molar-refractivity contribution in [2.45, 2.75) is 30.9 Å². The molecule has 0 saturated carbocycles. The quantitative estimate of drug-likeness (QED) is 0.795. The summed E-state index contributed by atoms with van der Waals surface area (Å²) in [5, 5.41) is 10.4. The third-order valence-electron chi connectivity index (χ3n) is 5.15. The Balaban J connectivity index is 1.44. The summed E-state index contributed by atoms with van der Waals surface area (Å²) in [6, 6.07) is 9.89. The van der Waals surface area contributed by atoms with Crippen LogP contribution in [-0.4, -0.2) is 42.9 Å². The summed E-state index contributed by atoms with van der Waals surface area (Å²) in [5.41, 5.74) is 2.14. The second-order valence-corrected chi connectivity index (χ2v) is 6.37. The molecule has 7 atom stereocenters. The van der Waals surface area contributed by atoms with Gasteiger partial charge in [0.15, 0.2) is 12.6 Å². The first kappa shape index (κ1) is 13.2. The fourth-order valence-electron chi connectivity index (χ4n) is 4.17. The Morgan fingerprint density at radius 2 is 1.91 bits per heavy atom. The van der Waals surface area contributed by atoms with Crippen LogP contribution in [0.5, 0.6) is 0 Å². The van der Waals surface area contributed by atoms with Crippen LogP contribution in [0.4, 0.5) is 0 Å². The molecule has 5 heteroatoms. The molecular weight excluding hydrogens is 284 g/mol. The fraction of sp³-hybridized carbons (Fsp3) is 0.529. The zero-order chi connectivity index (χ0) is 14.7. The lowest BCUT2D eigenvalue weighted by Crippen LogP contribution is -2.57. The van der Waals surface area contributed by atoms with E-state index in [9.17, 15) is 5.11 Å². The summed E-state index contributed by atoms with van der Waals surface area (Å²) >= 11 is 0. The Morgan fingerprint density at radius 3 is 2.77 bits per heavy atom. The van der Waals surface area contributed by atoms with Crippen LogP contribution in [0.1, 0.15) is 11.9 Å². The van der Waals surface area contributed by atoms with E-state index in [0.717, 1.165) is 11.1 Å². The van der Waals surface area contributed by atoms with Crippen LogP contribution in [0.25, 0.3) is 0 Å². The van der Waals surface area contributed by atoms with Crippen molar-refractivity contribution in [3.63, 3.8) is 0 Å². The number of hydrogen-bond donors (Lipinski definition) is 1. The molecule has 116 valence electrons. The van der Waals surface area contributed by atoms with Crippen molar-refractivity contribution in [1.82, 2.24) is 0 Å². The van der Waals surface area contributed by atoms with E-state index in [-0.39, 0.29) is 30.3 Å². The van der Waals surface area contributed by atoms with Crippen molar-refractivity contribution < 1.29 is 24.1 Å². The van der Waals surface area contributed by atoms with Crippen LogP contribution >= 0.6 is 0 Å². The van der Waals surface area contributed by atoms with Crippen molar-refractivity contribution in [2.75, 3.05) is 13.2 Å². The predicted molar refractivity (Wildman–Crippen MR) is 75.7 cm³/mol. The highest BCUT2D eigenvalue weighted by atomic mass is 16.7. The summed E-state index contributed by atoms with van der Waals surface area (Å²) in [4.78, 5) is 0. The van der Waals surface area contributed by atoms with Gasteiger partial charge in [-0.25, -0.2) is 0 Å². The first-order chi connectivity index (χ1) is 10.8. The summed E-state index contributed by atoms with van der Waals surface area (Å²) in [6.45, 7) is 1.00. The number of aliphatic hydroxyl groups excluding tert-OH is 1. The highest BCUT2D eigenvalue weighted by molar-refractivity contribution is 5.27. The molecule has 0 amide bonds. The molecule has 0 aromatic heterocycles. The number of benzene rings is 1. The first-order valence-electron chi connectivity index (χ1n) is 7.79. The Labute approximate surface area is 128 Å². The van der Waals surface area contributed by atoms with Gasteiger partial charge in [-0.2, -0.15) is 0 Å². The fourth-order valence-corrected chi connectivity index (χ4v) is 4.17. The predicted octanol–water partition coefficient (Wildman–Crippen LogP) is 1.39. The van der Waals surface area contributed by atoms with Crippen LogP contribution < -0.4 is 0 Å². The Hall–Kier alpha value is -1.24. The maximum Gasteiger partial charge on any atom is 0.184 e. The van der Waals surface area contributed by atoms with E-state index in [0.29, 0.717) is 13.2 Å². The van der Waals surface area contributed by atoms with Crippen molar-refractivity contribution >= 4 is 0 Å². The molecule has 1 aromatic carbocycles. The molecule has 0 radical (unpaired) electrons. The lowest BCUT2D eigenvalue weighted by atomic mass is 9.81. The monoisotopic (exact) mass is 302 g/mol. The van der Waals surface area contributed by atoms with Gasteiger partial charge in [0.2, 0.25) is 0 Å². The molecule has 1 aliphatic carbocycles. The van der Waals surface area contributed by atoms with Gasteiger partial charge >= 0.3 is 0 Å². The largest absolute Gasteiger partial charge is 0.389 e. The van der Waals surface area contributed by atoms with Gasteiger partial charge in [0, 0.05) is 17.4 Å². The molecule has 5 rings (SSSR count). The normalized spacial score (nSPS) is 46.0. The van der Waals surface area contributed by atoms with Crippen LogP contribution in [0.2, 0.25) is 0 Å². The number of hydrogen-bond acceptors (Lipinski definition) is 5. The minimum Gasteiger partial charge on any atom is -0.389 e. The number of rotatable bonds is 1. The summed E-state index contributed by atoms with van der Waals surface area (Å²) in [7, 11) is 0. The molecule has 22 heavy (non-hydrogen) atoms. The van der Waals surface area contributed by atoms with E-state index in [2.05, 4.69) is 0 Å². The van der Waals surface area contributed by atoms with Crippen molar-refractivity contribution in [3.05, 3.63) is 47.5 Å². The van der Waals surface area contributed by atoms with Crippen molar-refractivity contribution in [2.24, 2.45) is 11.8 Å². The number of aliphatic hydroxyl groups is 1. The van der Waals surface area contributed by atoms with Gasteiger partial charge in [0.1, 0.15) is 6.10 Å². The van der Waals surface area contributed by atoms with Gasteiger partial charge in [-0.1, -0.05) is 36.4 Å². The molecule has 3 aliphatic heterocycles. The van der Waals surface area contributed by atoms with Crippen molar-refractivity contribution in [3.8, 4) is 0 Å². The zero-order valence-corrected chi connectivity index (χ0v) is 12.0. The van der Waals surface area contributed by atoms with Gasteiger partial charge < -0.3 is 24.1 Å². The maximum atomic E-state index is 10.4. The molecule has 0 bridgehead atoms. The molecule has 3 heterocycles. The van der Waals surface area contributed by atoms with Crippen LogP contribution in [0.3, 0.4) is 0 Å². The third kappa shape index (κ3) is 1.84. The average Bonchev–Trinajstić information content (AvgIpc) is 3.10. The first-order valence-corrected chi connectivity index (χ1v) is 7.79. The molecular formula is C17H18O5. The summed E-state index contributed by atoms with van der Waals surface area (Å²) in [5.74, 6) is 0.113. The minimum absolute atomic E-state index is 0.00337. The second kappa shape index (κ2) is 4.88. The zero-order valence-electron chi connectivity index (χ0n) is 12.0. The molecule has 3 fully saturated rings. The SMILES string of the molecule is O[C@H]1C=C2CO[C@H]3O[C@@H]4COC(c5ccccc5)O[C@H]4[C@@H]1[C@@H]23. The molecule has 1 unspecified atom stereocenters. The second-order valence-electron chi connectivity index (χ2n) is 6.37. The van der Waals surface area contributed by atoms with E-state index in [1.165, 1.54) is 0 Å². The number of ether oxygens (including phenoxy) is 4. The molecule has 1 aromatic rings. The van der Waals surface area contributed by atoms with E-state index in [1.807, 2.05) is 36.4 Å². The Bertz CT molecular complexity index is 600. The molecule has 0 spiro atoms. The van der Waals surface area contributed by atoms with Crippen LogP contribution in [0, 0.1) is 11.8 Å². The minimum atomic E-state index is -0.489. The third-order valence-corrected chi connectivity index (χ3v) is 5.15. The molecule has 1 N–H and O–H groups in total. The lowest BCUT2D eigenvalue weighted by molar-refractivity contribution is -0.336. The Morgan fingerprint density at radius 1 is 1.05 bits per heavy atom. The van der Waals surface area contributed by atoms with Gasteiger partial charge in [-0.05, 0) is 5.57 Å².